The Hall–Kier alpha value is -1.48. The van der Waals surface area contributed by atoms with Gasteiger partial charge in [0.15, 0.2) is 0 Å². The van der Waals surface area contributed by atoms with Crippen molar-refractivity contribution in [2.45, 2.75) is 33.6 Å². The molecule has 0 saturated heterocycles. The van der Waals surface area contributed by atoms with Crippen molar-refractivity contribution in [2.75, 3.05) is 0 Å². The average molecular weight is 258 g/mol. The zero-order valence-corrected chi connectivity index (χ0v) is 11.9. The first-order valence-corrected chi connectivity index (χ1v) is 6.68. The summed E-state index contributed by atoms with van der Waals surface area (Å²) in [5.74, 6) is 0.971. The Bertz CT molecular complexity index is 594. The number of hydrogen-bond acceptors (Lipinski definition) is 2. The van der Waals surface area contributed by atoms with Gasteiger partial charge < -0.3 is 4.98 Å². The van der Waals surface area contributed by atoms with Gasteiger partial charge in [0.05, 0.1) is 0 Å². The molecule has 2 nitrogen and oxygen atoms in total. The molecule has 0 aliphatic carbocycles. The number of benzene rings is 1. The zero-order valence-electron chi connectivity index (χ0n) is 11.1. The number of hydrogen-bond donors (Lipinski definition) is 1. The maximum absolute atomic E-state index is 5.24. The fourth-order valence-electron chi connectivity index (χ4n) is 2.15. The minimum absolute atomic E-state index is 0.659. The molecule has 0 fully saturated rings. The van der Waals surface area contributed by atoms with Crippen molar-refractivity contribution < 1.29 is 0 Å². The van der Waals surface area contributed by atoms with E-state index in [1.54, 1.807) is 0 Å². The van der Waals surface area contributed by atoms with E-state index in [-0.39, 0.29) is 0 Å². The van der Waals surface area contributed by atoms with E-state index in [4.69, 9.17) is 12.2 Å². The average Bonchev–Trinajstić information content (AvgIpc) is 2.27. The Balaban J connectivity index is 2.52. The van der Waals surface area contributed by atoms with Crippen LogP contribution in [-0.4, -0.2) is 9.97 Å². The summed E-state index contributed by atoms with van der Waals surface area (Å²) in [5.41, 5.74) is 4.76. The van der Waals surface area contributed by atoms with Gasteiger partial charge in [-0.25, -0.2) is 4.98 Å². The molecule has 0 spiro atoms. The molecular formula is C15H18N2S. The first-order valence-electron chi connectivity index (χ1n) is 6.27. The van der Waals surface area contributed by atoms with Gasteiger partial charge in [-0.15, -0.1) is 0 Å². The molecule has 1 aromatic heterocycles. The highest BCUT2D eigenvalue weighted by Gasteiger charge is 2.03. The van der Waals surface area contributed by atoms with Crippen LogP contribution in [0.2, 0.25) is 0 Å². The van der Waals surface area contributed by atoms with Gasteiger partial charge in [-0.05, 0) is 44.0 Å². The molecule has 0 amide bonds. The van der Waals surface area contributed by atoms with Crippen molar-refractivity contribution in [3.63, 3.8) is 0 Å². The van der Waals surface area contributed by atoms with Crippen molar-refractivity contribution >= 4 is 12.2 Å². The Labute approximate surface area is 113 Å². The SMILES string of the molecule is CCCc1nc(=S)cc(-c2cc(C)cc(C)c2)[nH]1. The molecule has 0 radical (unpaired) electrons. The summed E-state index contributed by atoms with van der Waals surface area (Å²) in [6.07, 6.45) is 2.00. The second-order valence-electron chi connectivity index (χ2n) is 4.71. The largest absolute Gasteiger partial charge is 0.343 e. The lowest BCUT2D eigenvalue weighted by Crippen LogP contribution is -1.97. The fraction of sp³-hybridized carbons (Fsp3) is 0.333. The molecule has 0 aliphatic rings. The molecule has 0 saturated carbocycles. The Morgan fingerprint density at radius 3 is 2.39 bits per heavy atom. The summed E-state index contributed by atoms with van der Waals surface area (Å²) >= 11 is 5.24. The van der Waals surface area contributed by atoms with Crippen molar-refractivity contribution in [3.8, 4) is 11.3 Å². The van der Waals surface area contributed by atoms with Gasteiger partial charge in [-0.2, -0.15) is 0 Å². The predicted octanol–water partition coefficient (Wildman–Crippen LogP) is 4.38. The molecule has 0 atom stereocenters. The van der Waals surface area contributed by atoms with Gasteiger partial charge in [0.25, 0.3) is 0 Å². The lowest BCUT2D eigenvalue weighted by atomic mass is 10.0. The van der Waals surface area contributed by atoms with Gasteiger partial charge in [-0.1, -0.05) is 36.3 Å². The number of aromatic nitrogens is 2. The maximum Gasteiger partial charge on any atom is 0.130 e. The molecule has 18 heavy (non-hydrogen) atoms. The van der Waals surface area contributed by atoms with Crippen molar-refractivity contribution in [2.24, 2.45) is 0 Å². The van der Waals surface area contributed by atoms with Crippen molar-refractivity contribution in [1.82, 2.24) is 9.97 Å². The van der Waals surface area contributed by atoms with E-state index in [9.17, 15) is 0 Å². The number of rotatable bonds is 3. The van der Waals surface area contributed by atoms with E-state index < -0.39 is 0 Å². The van der Waals surface area contributed by atoms with E-state index in [2.05, 4.69) is 48.9 Å². The second kappa shape index (κ2) is 5.44. The monoisotopic (exact) mass is 258 g/mol. The molecule has 2 aromatic rings. The van der Waals surface area contributed by atoms with Gasteiger partial charge in [0, 0.05) is 12.1 Å². The van der Waals surface area contributed by atoms with E-state index in [1.807, 2.05) is 6.07 Å². The summed E-state index contributed by atoms with van der Waals surface area (Å²) in [7, 11) is 0. The molecule has 1 heterocycles. The Kier molecular flexibility index (Phi) is 3.92. The highest BCUT2D eigenvalue weighted by Crippen LogP contribution is 2.20. The molecule has 3 heteroatoms. The van der Waals surface area contributed by atoms with E-state index >= 15 is 0 Å². The third-order valence-electron chi connectivity index (χ3n) is 2.81. The molecule has 0 bridgehead atoms. The van der Waals surface area contributed by atoms with Gasteiger partial charge in [0.1, 0.15) is 10.5 Å². The smallest absolute Gasteiger partial charge is 0.130 e. The predicted molar refractivity (Wildman–Crippen MR) is 78.3 cm³/mol. The first kappa shape index (κ1) is 13.0. The number of H-pyrrole nitrogens is 1. The lowest BCUT2D eigenvalue weighted by Gasteiger charge is -2.07. The number of aryl methyl sites for hydroxylation is 3. The molecule has 2 rings (SSSR count). The molecule has 1 aromatic carbocycles. The van der Waals surface area contributed by atoms with Crippen LogP contribution in [0.1, 0.15) is 30.3 Å². The highest BCUT2D eigenvalue weighted by molar-refractivity contribution is 7.71. The van der Waals surface area contributed by atoms with Crippen LogP contribution in [0.25, 0.3) is 11.3 Å². The fourth-order valence-corrected chi connectivity index (χ4v) is 2.38. The Morgan fingerprint density at radius 2 is 1.78 bits per heavy atom. The lowest BCUT2D eigenvalue weighted by molar-refractivity contribution is 0.833. The number of aromatic amines is 1. The molecule has 1 N–H and O–H groups in total. The Morgan fingerprint density at radius 1 is 1.11 bits per heavy atom. The van der Waals surface area contributed by atoms with Crippen LogP contribution in [0.3, 0.4) is 0 Å². The topological polar surface area (TPSA) is 28.7 Å². The van der Waals surface area contributed by atoms with Crippen LogP contribution in [0, 0.1) is 18.5 Å². The molecule has 0 unspecified atom stereocenters. The summed E-state index contributed by atoms with van der Waals surface area (Å²) < 4.78 is 0.659. The molecule has 0 aliphatic heterocycles. The third kappa shape index (κ3) is 3.05. The van der Waals surface area contributed by atoms with Crippen LogP contribution in [0.5, 0.6) is 0 Å². The zero-order chi connectivity index (χ0) is 13.1. The van der Waals surface area contributed by atoms with Crippen molar-refractivity contribution in [3.05, 3.63) is 45.9 Å². The van der Waals surface area contributed by atoms with Gasteiger partial charge in [-0.3, -0.25) is 0 Å². The summed E-state index contributed by atoms with van der Waals surface area (Å²) in [6, 6.07) is 8.45. The third-order valence-corrected chi connectivity index (χ3v) is 3.02. The van der Waals surface area contributed by atoms with Crippen LogP contribution in [0.4, 0.5) is 0 Å². The van der Waals surface area contributed by atoms with Crippen LogP contribution in [0.15, 0.2) is 24.3 Å². The van der Waals surface area contributed by atoms with Crippen LogP contribution in [-0.2, 0) is 6.42 Å². The normalized spacial score (nSPS) is 10.6. The van der Waals surface area contributed by atoms with Crippen LogP contribution < -0.4 is 0 Å². The first-order chi connectivity index (χ1) is 8.58. The number of nitrogens with zero attached hydrogens (tertiary/aromatic N) is 1. The quantitative estimate of drug-likeness (QED) is 0.828. The summed E-state index contributed by atoms with van der Waals surface area (Å²) in [6.45, 7) is 6.36. The summed E-state index contributed by atoms with van der Waals surface area (Å²) in [4.78, 5) is 7.73. The van der Waals surface area contributed by atoms with Crippen LogP contribution >= 0.6 is 12.2 Å². The van der Waals surface area contributed by atoms with E-state index in [0.717, 1.165) is 24.4 Å². The standard InChI is InChI=1S/C15H18N2S/c1-4-5-14-16-13(9-15(18)17-14)12-7-10(2)6-11(3)8-12/h6-9H,4-5H2,1-3H3,(H,16,17,18). The summed E-state index contributed by atoms with van der Waals surface area (Å²) in [5, 5.41) is 0. The van der Waals surface area contributed by atoms with E-state index in [1.165, 1.54) is 16.7 Å². The van der Waals surface area contributed by atoms with E-state index in [0.29, 0.717) is 4.64 Å². The van der Waals surface area contributed by atoms with Gasteiger partial charge in [0.2, 0.25) is 0 Å². The van der Waals surface area contributed by atoms with Crippen molar-refractivity contribution in [1.29, 1.82) is 0 Å². The molecular weight excluding hydrogens is 240 g/mol. The van der Waals surface area contributed by atoms with Gasteiger partial charge >= 0.3 is 0 Å². The highest BCUT2D eigenvalue weighted by atomic mass is 32.1. The minimum atomic E-state index is 0.659. The minimum Gasteiger partial charge on any atom is -0.343 e. The number of nitrogens with one attached hydrogen (secondary N) is 1. The second-order valence-corrected chi connectivity index (χ2v) is 5.12. The maximum atomic E-state index is 5.24. The molecule has 94 valence electrons.